The molecule has 0 radical (unpaired) electrons. The van der Waals surface area contributed by atoms with Crippen LogP contribution in [0.4, 0.5) is 13.2 Å². The van der Waals surface area contributed by atoms with E-state index in [0.29, 0.717) is 45.2 Å². The Kier molecular flexibility index (Phi) is 9.05. The number of ether oxygens (including phenoxy) is 1. The summed E-state index contributed by atoms with van der Waals surface area (Å²) in [5.74, 6) is 0.650. The topological polar surface area (TPSA) is 48.9 Å². The predicted octanol–water partition coefficient (Wildman–Crippen LogP) is 3.35. The van der Waals surface area contributed by atoms with E-state index in [0.717, 1.165) is 12.0 Å². The lowest BCUT2D eigenvalue weighted by Crippen LogP contribution is -2.45. The van der Waals surface area contributed by atoms with Crippen LogP contribution in [-0.2, 0) is 4.74 Å². The molecule has 2 atom stereocenters. The first-order valence-corrected chi connectivity index (χ1v) is 9.88. The summed E-state index contributed by atoms with van der Waals surface area (Å²) in [6.07, 6.45) is -2.66. The fraction of sp³-hybridized carbons (Fsp3) is 0.650. The van der Waals surface area contributed by atoms with Crippen LogP contribution in [0, 0.1) is 0 Å². The summed E-state index contributed by atoms with van der Waals surface area (Å²) in [5, 5.41) is 6.40. The highest BCUT2D eigenvalue weighted by Gasteiger charge is 2.34. The molecule has 158 valence electrons. The minimum Gasteiger partial charge on any atom is -0.374 e. The molecule has 1 aliphatic rings. The third-order valence-corrected chi connectivity index (χ3v) is 4.57. The van der Waals surface area contributed by atoms with Crippen molar-refractivity contribution in [2.45, 2.75) is 45.0 Å². The lowest BCUT2D eigenvalue weighted by molar-refractivity contribution is -0.143. The number of nitrogens with zero attached hydrogens (tertiary/aromatic N) is 2. The third kappa shape index (κ3) is 8.48. The Balaban J connectivity index is 1.70. The van der Waals surface area contributed by atoms with Gasteiger partial charge in [0.1, 0.15) is 0 Å². The SMILES string of the molecule is CCNC(=NCCCOC(C)c1ccccc1)NC1CCN(CC(F)(F)F)C1. The van der Waals surface area contributed by atoms with Gasteiger partial charge < -0.3 is 15.4 Å². The summed E-state index contributed by atoms with van der Waals surface area (Å²) in [6, 6.07) is 10.0. The van der Waals surface area contributed by atoms with Crippen LogP contribution in [0.3, 0.4) is 0 Å². The van der Waals surface area contributed by atoms with Gasteiger partial charge in [-0.1, -0.05) is 30.3 Å². The van der Waals surface area contributed by atoms with Crippen molar-refractivity contribution in [1.29, 1.82) is 0 Å². The van der Waals surface area contributed by atoms with E-state index in [2.05, 4.69) is 15.6 Å². The highest BCUT2D eigenvalue weighted by Crippen LogP contribution is 2.20. The van der Waals surface area contributed by atoms with Crippen LogP contribution in [0.1, 0.15) is 38.4 Å². The first-order chi connectivity index (χ1) is 13.4. The minimum absolute atomic E-state index is 0.0190. The quantitative estimate of drug-likeness (QED) is 0.379. The fourth-order valence-electron chi connectivity index (χ4n) is 3.20. The number of nitrogens with one attached hydrogen (secondary N) is 2. The van der Waals surface area contributed by atoms with E-state index in [1.54, 1.807) is 0 Å². The molecular formula is C20H31F3N4O. The third-order valence-electron chi connectivity index (χ3n) is 4.57. The van der Waals surface area contributed by atoms with Gasteiger partial charge >= 0.3 is 6.18 Å². The molecular weight excluding hydrogens is 369 g/mol. The van der Waals surface area contributed by atoms with Crippen LogP contribution < -0.4 is 10.6 Å². The lowest BCUT2D eigenvalue weighted by atomic mass is 10.1. The summed E-state index contributed by atoms with van der Waals surface area (Å²) < 4.78 is 43.4. The number of halogens is 3. The van der Waals surface area contributed by atoms with Crippen molar-refractivity contribution in [3.8, 4) is 0 Å². The molecule has 0 amide bonds. The van der Waals surface area contributed by atoms with Crippen LogP contribution in [0.5, 0.6) is 0 Å². The Labute approximate surface area is 165 Å². The standard InChI is InChI=1S/C20H31F3N4O/c1-3-24-19(26-18-10-12-27(14-18)15-20(21,22)23)25-11-7-13-28-16(2)17-8-5-4-6-9-17/h4-6,8-9,16,18H,3,7,10-15H2,1-2H3,(H2,24,25,26). The van der Waals surface area contributed by atoms with Crippen molar-refractivity contribution in [3.63, 3.8) is 0 Å². The van der Waals surface area contributed by atoms with E-state index in [1.165, 1.54) is 4.90 Å². The van der Waals surface area contributed by atoms with Crippen molar-refractivity contribution >= 4 is 5.96 Å². The Morgan fingerprint density at radius 1 is 1.32 bits per heavy atom. The van der Waals surface area contributed by atoms with E-state index in [-0.39, 0.29) is 12.1 Å². The Morgan fingerprint density at radius 2 is 2.07 bits per heavy atom. The normalized spacial score (nSPS) is 19.6. The van der Waals surface area contributed by atoms with Gasteiger partial charge in [-0.05, 0) is 32.3 Å². The number of hydrogen-bond donors (Lipinski definition) is 2. The van der Waals surface area contributed by atoms with Crippen molar-refractivity contribution in [2.75, 3.05) is 39.3 Å². The molecule has 1 aromatic carbocycles. The predicted molar refractivity (Wildman–Crippen MR) is 105 cm³/mol. The van der Waals surface area contributed by atoms with Crippen LogP contribution in [0.15, 0.2) is 35.3 Å². The number of rotatable bonds is 9. The molecule has 0 aromatic heterocycles. The molecule has 1 heterocycles. The first kappa shape index (κ1) is 22.5. The van der Waals surface area contributed by atoms with Gasteiger partial charge in [0, 0.05) is 38.8 Å². The lowest BCUT2D eigenvalue weighted by Gasteiger charge is -2.19. The number of hydrogen-bond acceptors (Lipinski definition) is 3. The molecule has 1 saturated heterocycles. The number of likely N-dealkylation sites (tertiary alicyclic amines) is 1. The smallest absolute Gasteiger partial charge is 0.374 e. The van der Waals surface area contributed by atoms with Crippen LogP contribution in [-0.4, -0.2) is 62.4 Å². The molecule has 2 N–H and O–H groups in total. The molecule has 5 nitrogen and oxygen atoms in total. The first-order valence-electron chi connectivity index (χ1n) is 9.88. The Hall–Kier alpha value is -1.80. The zero-order chi connectivity index (χ0) is 20.4. The monoisotopic (exact) mass is 400 g/mol. The van der Waals surface area contributed by atoms with Gasteiger partial charge in [-0.25, -0.2) is 0 Å². The van der Waals surface area contributed by atoms with Crippen molar-refractivity contribution < 1.29 is 17.9 Å². The summed E-state index contributed by atoms with van der Waals surface area (Å²) in [7, 11) is 0. The molecule has 0 saturated carbocycles. The summed E-state index contributed by atoms with van der Waals surface area (Å²) in [5.41, 5.74) is 1.14. The second-order valence-corrected chi connectivity index (χ2v) is 7.02. The largest absolute Gasteiger partial charge is 0.401 e. The van der Waals surface area contributed by atoms with E-state index in [1.807, 2.05) is 44.2 Å². The summed E-state index contributed by atoms with van der Waals surface area (Å²) in [4.78, 5) is 5.95. The van der Waals surface area contributed by atoms with Crippen molar-refractivity contribution in [2.24, 2.45) is 4.99 Å². The maximum absolute atomic E-state index is 12.5. The molecule has 2 rings (SSSR count). The molecule has 0 bridgehead atoms. The molecule has 28 heavy (non-hydrogen) atoms. The van der Waals surface area contributed by atoms with E-state index in [4.69, 9.17) is 4.74 Å². The summed E-state index contributed by atoms with van der Waals surface area (Å²) in [6.45, 7) is 5.85. The molecule has 8 heteroatoms. The van der Waals surface area contributed by atoms with Gasteiger partial charge in [-0.3, -0.25) is 9.89 Å². The number of benzene rings is 1. The molecule has 2 unspecified atom stereocenters. The van der Waals surface area contributed by atoms with Gasteiger partial charge in [0.05, 0.1) is 12.6 Å². The number of guanidine groups is 1. The van der Waals surface area contributed by atoms with E-state index >= 15 is 0 Å². The van der Waals surface area contributed by atoms with Gasteiger partial charge in [-0.2, -0.15) is 13.2 Å². The zero-order valence-electron chi connectivity index (χ0n) is 16.6. The second-order valence-electron chi connectivity index (χ2n) is 7.02. The van der Waals surface area contributed by atoms with Crippen molar-refractivity contribution in [3.05, 3.63) is 35.9 Å². The van der Waals surface area contributed by atoms with Gasteiger partial charge in [0.15, 0.2) is 5.96 Å². The second kappa shape index (κ2) is 11.3. The van der Waals surface area contributed by atoms with Crippen LogP contribution in [0.25, 0.3) is 0 Å². The van der Waals surface area contributed by atoms with Crippen molar-refractivity contribution in [1.82, 2.24) is 15.5 Å². The average molecular weight is 400 g/mol. The highest BCUT2D eigenvalue weighted by atomic mass is 19.4. The fourth-order valence-corrected chi connectivity index (χ4v) is 3.20. The van der Waals surface area contributed by atoms with Gasteiger partial charge in [-0.15, -0.1) is 0 Å². The van der Waals surface area contributed by atoms with Gasteiger partial charge in [0.2, 0.25) is 0 Å². The van der Waals surface area contributed by atoms with E-state index in [9.17, 15) is 13.2 Å². The minimum atomic E-state index is -4.15. The Bertz CT molecular complexity index is 595. The van der Waals surface area contributed by atoms with Crippen LogP contribution in [0.2, 0.25) is 0 Å². The number of alkyl halides is 3. The maximum Gasteiger partial charge on any atom is 0.401 e. The molecule has 1 aromatic rings. The highest BCUT2D eigenvalue weighted by molar-refractivity contribution is 5.80. The Morgan fingerprint density at radius 3 is 2.75 bits per heavy atom. The molecule has 0 aliphatic carbocycles. The van der Waals surface area contributed by atoms with Crippen LogP contribution >= 0.6 is 0 Å². The zero-order valence-corrected chi connectivity index (χ0v) is 16.6. The molecule has 1 aliphatic heterocycles. The molecule has 1 fully saturated rings. The maximum atomic E-state index is 12.5. The van der Waals surface area contributed by atoms with Gasteiger partial charge in [0.25, 0.3) is 0 Å². The van der Waals surface area contributed by atoms with E-state index < -0.39 is 12.7 Å². The number of aliphatic imine (C=N–C) groups is 1. The summed E-state index contributed by atoms with van der Waals surface area (Å²) >= 11 is 0. The molecule has 0 spiro atoms. The average Bonchev–Trinajstić information content (AvgIpc) is 3.07.